The number of anilines is 1. The van der Waals surface area contributed by atoms with Crippen LogP contribution in [0.3, 0.4) is 0 Å². The van der Waals surface area contributed by atoms with Gasteiger partial charge in [-0.1, -0.05) is 11.6 Å². The third-order valence-corrected chi connectivity index (χ3v) is 2.96. The highest BCUT2D eigenvalue weighted by molar-refractivity contribution is 6.29. The Hall–Kier alpha value is -1.35. The average molecular weight is 268 g/mol. The third-order valence-electron chi connectivity index (χ3n) is 2.76. The number of pyridine rings is 1. The van der Waals surface area contributed by atoms with E-state index >= 15 is 0 Å². The molecule has 96 valence electrons. The normalized spacial score (nSPS) is 23.8. The predicted molar refractivity (Wildman–Crippen MR) is 67.6 cm³/mol. The number of morpholine rings is 1. The molecule has 1 aromatic rings. The van der Waals surface area contributed by atoms with Gasteiger partial charge in [-0.15, -0.1) is 0 Å². The molecule has 18 heavy (non-hydrogen) atoms. The van der Waals surface area contributed by atoms with Crippen molar-refractivity contribution in [3.63, 3.8) is 0 Å². The number of ether oxygens (including phenoxy) is 1. The van der Waals surface area contributed by atoms with Crippen molar-refractivity contribution in [3.05, 3.63) is 22.8 Å². The first-order valence-electron chi connectivity index (χ1n) is 5.71. The largest absolute Gasteiger partial charge is 0.394 e. The topological polar surface area (TPSA) is 69.4 Å². The van der Waals surface area contributed by atoms with E-state index in [0.717, 1.165) is 0 Å². The second-order valence-corrected chi connectivity index (χ2v) is 4.69. The van der Waals surface area contributed by atoms with Gasteiger partial charge in [-0.3, -0.25) is 0 Å². The van der Waals surface area contributed by atoms with Crippen molar-refractivity contribution in [2.45, 2.75) is 19.1 Å². The molecule has 0 aromatic carbocycles. The summed E-state index contributed by atoms with van der Waals surface area (Å²) in [5.74, 6) is 0.646. The lowest BCUT2D eigenvalue weighted by atomic mass is 10.2. The van der Waals surface area contributed by atoms with Gasteiger partial charge in [0.25, 0.3) is 0 Å². The Bertz CT molecular complexity index is 475. The molecule has 1 saturated heterocycles. The SMILES string of the molecule is CC1CN(c2cc(C#N)cc(Cl)n2)CC(CO)O1. The average Bonchev–Trinajstić information content (AvgIpc) is 2.37. The number of aromatic nitrogens is 1. The summed E-state index contributed by atoms with van der Waals surface area (Å²) in [4.78, 5) is 6.19. The molecule has 0 saturated carbocycles. The highest BCUT2D eigenvalue weighted by atomic mass is 35.5. The van der Waals surface area contributed by atoms with Gasteiger partial charge in [0.15, 0.2) is 0 Å². The fourth-order valence-corrected chi connectivity index (χ4v) is 2.25. The molecule has 0 aliphatic carbocycles. The predicted octanol–water partition coefficient (Wildman–Crippen LogP) is 1.19. The summed E-state index contributed by atoms with van der Waals surface area (Å²) in [7, 11) is 0. The van der Waals surface area contributed by atoms with E-state index in [1.165, 1.54) is 6.07 Å². The number of aliphatic hydroxyl groups excluding tert-OH is 1. The van der Waals surface area contributed by atoms with Gasteiger partial charge in [0.1, 0.15) is 11.0 Å². The molecule has 0 radical (unpaired) electrons. The van der Waals surface area contributed by atoms with Crippen molar-refractivity contribution in [2.24, 2.45) is 0 Å². The maximum absolute atomic E-state index is 9.18. The van der Waals surface area contributed by atoms with Crippen LogP contribution in [0.5, 0.6) is 0 Å². The van der Waals surface area contributed by atoms with Crippen molar-refractivity contribution in [2.75, 3.05) is 24.6 Å². The van der Waals surface area contributed by atoms with Gasteiger partial charge >= 0.3 is 0 Å². The van der Waals surface area contributed by atoms with Crippen LogP contribution >= 0.6 is 11.6 Å². The standard InChI is InChI=1S/C12H14ClN3O2/c1-8-5-16(6-10(7-17)18-8)12-3-9(4-14)2-11(13)15-12/h2-3,8,10,17H,5-7H2,1H3. The molecule has 2 atom stereocenters. The number of hydrogen-bond donors (Lipinski definition) is 1. The summed E-state index contributed by atoms with van der Waals surface area (Å²) in [5, 5.41) is 18.4. The Kier molecular flexibility index (Phi) is 4.02. The smallest absolute Gasteiger partial charge is 0.132 e. The highest BCUT2D eigenvalue weighted by Crippen LogP contribution is 2.21. The van der Waals surface area contributed by atoms with E-state index in [-0.39, 0.29) is 18.8 Å². The first-order valence-corrected chi connectivity index (χ1v) is 6.09. The van der Waals surface area contributed by atoms with E-state index in [0.29, 0.717) is 29.6 Å². The summed E-state index contributed by atoms with van der Waals surface area (Å²) in [5.41, 5.74) is 0.477. The molecule has 1 aliphatic rings. The van der Waals surface area contributed by atoms with Gasteiger partial charge in [-0.05, 0) is 19.1 Å². The van der Waals surface area contributed by atoms with Crippen LogP contribution in [0.2, 0.25) is 5.15 Å². The summed E-state index contributed by atoms with van der Waals surface area (Å²) < 4.78 is 5.56. The molecule has 0 bridgehead atoms. The quantitative estimate of drug-likeness (QED) is 0.815. The Morgan fingerprint density at radius 3 is 3.06 bits per heavy atom. The van der Waals surface area contributed by atoms with E-state index in [4.69, 9.17) is 21.6 Å². The van der Waals surface area contributed by atoms with Crippen LogP contribution < -0.4 is 4.90 Å². The minimum atomic E-state index is -0.236. The van der Waals surface area contributed by atoms with Gasteiger partial charge in [-0.2, -0.15) is 5.26 Å². The molecule has 1 N–H and O–H groups in total. The van der Waals surface area contributed by atoms with Crippen molar-refractivity contribution >= 4 is 17.4 Å². The number of halogens is 1. The zero-order chi connectivity index (χ0) is 13.1. The molecule has 0 spiro atoms. The lowest BCUT2D eigenvalue weighted by molar-refractivity contribution is -0.0423. The van der Waals surface area contributed by atoms with Crippen LogP contribution in [0.25, 0.3) is 0 Å². The Labute approximate surface area is 111 Å². The van der Waals surface area contributed by atoms with Crippen molar-refractivity contribution < 1.29 is 9.84 Å². The van der Waals surface area contributed by atoms with E-state index in [1.807, 2.05) is 11.8 Å². The monoisotopic (exact) mass is 267 g/mol. The first-order chi connectivity index (χ1) is 8.62. The van der Waals surface area contributed by atoms with Crippen molar-refractivity contribution in [3.8, 4) is 6.07 Å². The summed E-state index contributed by atoms with van der Waals surface area (Å²) >= 11 is 5.89. The molecule has 1 aromatic heterocycles. The zero-order valence-electron chi connectivity index (χ0n) is 10.0. The first kappa shape index (κ1) is 13.1. The fraction of sp³-hybridized carbons (Fsp3) is 0.500. The molecule has 1 aliphatic heterocycles. The van der Waals surface area contributed by atoms with Gasteiger partial charge in [0.05, 0.1) is 30.4 Å². The molecular formula is C12H14ClN3O2. The minimum Gasteiger partial charge on any atom is -0.394 e. The van der Waals surface area contributed by atoms with Crippen molar-refractivity contribution in [1.82, 2.24) is 4.98 Å². The van der Waals surface area contributed by atoms with E-state index in [9.17, 15) is 5.11 Å². The zero-order valence-corrected chi connectivity index (χ0v) is 10.8. The van der Waals surface area contributed by atoms with Crippen LogP contribution in [-0.4, -0.2) is 42.0 Å². The highest BCUT2D eigenvalue weighted by Gasteiger charge is 2.25. The molecule has 5 nitrogen and oxygen atoms in total. The number of aliphatic hydroxyl groups is 1. The summed E-state index contributed by atoms with van der Waals surface area (Å²) in [6.07, 6.45) is -0.234. The van der Waals surface area contributed by atoms with Crippen LogP contribution in [-0.2, 0) is 4.74 Å². The number of nitriles is 1. The molecule has 0 amide bonds. The van der Waals surface area contributed by atoms with E-state index in [1.54, 1.807) is 6.07 Å². The van der Waals surface area contributed by atoms with Crippen LogP contribution in [0.4, 0.5) is 5.82 Å². The Morgan fingerprint density at radius 2 is 2.39 bits per heavy atom. The maximum Gasteiger partial charge on any atom is 0.132 e. The Morgan fingerprint density at radius 1 is 1.61 bits per heavy atom. The molecule has 2 rings (SSSR count). The second kappa shape index (κ2) is 5.53. The third kappa shape index (κ3) is 2.91. The summed E-state index contributed by atoms with van der Waals surface area (Å²) in [6, 6.07) is 5.27. The van der Waals surface area contributed by atoms with Crippen molar-refractivity contribution in [1.29, 1.82) is 5.26 Å². The van der Waals surface area contributed by atoms with Gasteiger partial charge in [0, 0.05) is 13.1 Å². The van der Waals surface area contributed by atoms with Gasteiger partial charge in [0.2, 0.25) is 0 Å². The van der Waals surface area contributed by atoms with Gasteiger partial charge in [-0.25, -0.2) is 4.98 Å². The molecule has 2 unspecified atom stereocenters. The molecular weight excluding hydrogens is 254 g/mol. The lowest BCUT2D eigenvalue weighted by Gasteiger charge is -2.36. The molecule has 6 heteroatoms. The maximum atomic E-state index is 9.18. The minimum absolute atomic E-state index is 0.00205. The number of hydrogen-bond acceptors (Lipinski definition) is 5. The van der Waals surface area contributed by atoms with Crippen LogP contribution in [0.15, 0.2) is 12.1 Å². The van der Waals surface area contributed by atoms with E-state index in [2.05, 4.69) is 11.1 Å². The lowest BCUT2D eigenvalue weighted by Crippen LogP contribution is -2.48. The second-order valence-electron chi connectivity index (χ2n) is 4.30. The Balaban J connectivity index is 2.25. The number of rotatable bonds is 2. The fourth-order valence-electron chi connectivity index (χ4n) is 2.04. The summed E-state index contributed by atoms with van der Waals surface area (Å²) in [6.45, 7) is 3.10. The van der Waals surface area contributed by atoms with Gasteiger partial charge < -0.3 is 14.7 Å². The number of nitrogens with zero attached hydrogens (tertiary/aromatic N) is 3. The van der Waals surface area contributed by atoms with Crippen LogP contribution in [0.1, 0.15) is 12.5 Å². The molecule has 2 heterocycles. The van der Waals surface area contributed by atoms with E-state index < -0.39 is 0 Å². The molecule has 1 fully saturated rings. The van der Waals surface area contributed by atoms with Crippen LogP contribution in [0, 0.1) is 11.3 Å².